The van der Waals surface area contributed by atoms with Crippen LogP contribution >= 0.6 is 0 Å². The molecule has 2 aromatic rings. The molecule has 1 fully saturated rings. The van der Waals surface area contributed by atoms with E-state index in [1.165, 1.54) is 30.7 Å². The van der Waals surface area contributed by atoms with E-state index in [2.05, 4.69) is 5.32 Å². The van der Waals surface area contributed by atoms with Gasteiger partial charge in [-0.05, 0) is 54.7 Å². The Bertz CT molecular complexity index is 768. The summed E-state index contributed by atoms with van der Waals surface area (Å²) < 4.78 is 26.6. The Hall–Kier alpha value is -2.27. The maximum atomic E-state index is 13.3. The third-order valence-corrected chi connectivity index (χ3v) is 5.83. The number of aliphatic hydroxyl groups is 1. The van der Waals surface area contributed by atoms with Gasteiger partial charge >= 0.3 is 0 Å². The number of benzene rings is 2. The smallest absolute Gasteiger partial charge is 0.227 e. The Morgan fingerprint density at radius 3 is 2.11 bits per heavy atom. The van der Waals surface area contributed by atoms with Crippen LogP contribution in [0.15, 0.2) is 48.5 Å². The lowest BCUT2D eigenvalue weighted by Gasteiger charge is -2.36. The number of rotatable bonds is 7. The molecule has 3 nitrogen and oxygen atoms in total. The highest BCUT2D eigenvalue weighted by molar-refractivity contribution is 5.84. The zero-order valence-corrected chi connectivity index (χ0v) is 16.0. The van der Waals surface area contributed by atoms with Crippen LogP contribution in [0.5, 0.6) is 0 Å². The topological polar surface area (TPSA) is 49.3 Å². The number of hydrogen-bond acceptors (Lipinski definition) is 2. The van der Waals surface area contributed by atoms with Gasteiger partial charge in [-0.1, -0.05) is 43.5 Å². The number of amides is 1. The molecule has 1 saturated carbocycles. The summed E-state index contributed by atoms with van der Waals surface area (Å²) in [6.45, 7) is 0.496. The molecule has 1 aliphatic rings. The summed E-state index contributed by atoms with van der Waals surface area (Å²) in [6, 6.07) is 12.0. The SMILES string of the molecule is O=C(NCC1(CO)CCCCC1)C(Cc1ccc(F)cc1)c1ccc(F)cc1. The Morgan fingerprint density at radius 1 is 0.964 bits per heavy atom. The van der Waals surface area contributed by atoms with E-state index in [0.29, 0.717) is 18.5 Å². The number of hydrogen-bond donors (Lipinski definition) is 2. The molecule has 3 rings (SSSR count). The Morgan fingerprint density at radius 2 is 1.54 bits per heavy atom. The normalized spacial score (nSPS) is 17.1. The van der Waals surface area contributed by atoms with Crippen molar-refractivity contribution in [3.05, 3.63) is 71.3 Å². The van der Waals surface area contributed by atoms with Gasteiger partial charge in [0.15, 0.2) is 0 Å². The van der Waals surface area contributed by atoms with Crippen LogP contribution < -0.4 is 5.32 Å². The van der Waals surface area contributed by atoms with Crippen molar-refractivity contribution >= 4 is 5.91 Å². The monoisotopic (exact) mass is 387 g/mol. The van der Waals surface area contributed by atoms with E-state index in [-0.39, 0.29) is 29.6 Å². The zero-order valence-electron chi connectivity index (χ0n) is 16.0. The summed E-state index contributed by atoms with van der Waals surface area (Å²) in [5.41, 5.74) is 1.29. The van der Waals surface area contributed by atoms with Crippen LogP contribution in [0.4, 0.5) is 8.78 Å². The molecular formula is C23H27F2NO2. The van der Waals surface area contributed by atoms with Gasteiger partial charge in [0.1, 0.15) is 11.6 Å². The molecule has 0 heterocycles. The molecule has 0 aliphatic heterocycles. The van der Waals surface area contributed by atoms with Crippen LogP contribution in [0.1, 0.15) is 49.1 Å². The van der Waals surface area contributed by atoms with Crippen LogP contribution in [-0.2, 0) is 11.2 Å². The molecule has 1 atom stereocenters. The van der Waals surface area contributed by atoms with E-state index < -0.39 is 5.92 Å². The molecule has 28 heavy (non-hydrogen) atoms. The van der Waals surface area contributed by atoms with E-state index in [1.54, 1.807) is 24.3 Å². The maximum absolute atomic E-state index is 13.3. The van der Waals surface area contributed by atoms with Gasteiger partial charge in [-0.25, -0.2) is 8.78 Å². The van der Waals surface area contributed by atoms with Crippen LogP contribution in [0.2, 0.25) is 0 Å². The molecule has 0 aromatic heterocycles. The first-order chi connectivity index (χ1) is 13.5. The van der Waals surface area contributed by atoms with E-state index >= 15 is 0 Å². The molecule has 2 aromatic carbocycles. The quantitative estimate of drug-likeness (QED) is 0.742. The van der Waals surface area contributed by atoms with Gasteiger partial charge in [-0.3, -0.25) is 4.79 Å². The average Bonchev–Trinajstić information content (AvgIpc) is 2.73. The van der Waals surface area contributed by atoms with Crippen molar-refractivity contribution in [1.82, 2.24) is 5.32 Å². The highest BCUT2D eigenvalue weighted by atomic mass is 19.1. The summed E-state index contributed by atoms with van der Waals surface area (Å²) >= 11 is 0. The third-order valence-electron chi connectivity index (χ3n) is 5.83. The lowest BCUT2D eigenvalue weighted by Crippen LogP contribution is -2.43. The molecule has 5 heteroatoms. The van der Waals surface area contributed by atoms with E-state index in [0.717, 1.165) is 31.2 Å². The molecule has 1 amide bonds. The van der Waals surface area contributed by atoms with Gasteiger partial charge in [0.05, 0.1) is 12.5 Å². The molecule has 0 spiro atoms. The predicted molar refractivity (Wildman–Crippen MR) is 105 cm³/mol. The fourth-order valence-corrected chi connectivity index (χ4v) is 4.00. The van der Waals surface area contributed by atoms with Crippen LogP contribution in [0.25, 0.3) is 0 Å². The van der Waals surface area contributed by atoms with Crippen LogP contribution in [-0.4, -0.2) is 24.2 Å². The molecule has 2 N–H and O–H groups in total. The molecule has 0 radical (unpaired) electrons. The second-order valence-corrected chi connectivity index (χ2v) is 7.87. The number of aliphatic hydroxyl groups excluding tert-OH is 1. The van der Waals surface area contributed by atoms with Gasteiger partial charge in [0.2, 0.25) is 5.91 Å². The molecule has 1 unspecified atom stereocenters. The summed E-state index contributed by atoms with van der Waals surface area (Å²) in [4.78, 5) is 13.0. The lowest BCUT2D eigenvalue weighted by molar-refractivity contribution is -0.123. The first kappa shape index (κ1) is 20.5. The second-order valence-electron chi connectivity index (χ2n) is 7.87. The Labute approximate surface area is 164 Å². The first-order valence-electron chi connectivity index (χ1n) is 9.90. The summed E-state index contributed by atoms with van der Waals surface area (Å²) in [7, 11) is 0. The van der Waals surface area contributed by atoms with Crippen molar-refractivity contribution in [2.45, 2.75) is 44.4 Å². The van der Waals surface area contributed by atoms with Crippen molar-refractivity contribution in [1.29, 1.82) is 0 Å². The molecule has 1 aliphatic carbocycles. The fourth-order valence-electron chi connectivity index (χ4n) is 4.00. The highest BCUT2D eigenvalue weighted by Crippen LogP contribution is 2.35. The maximum Gasteiger partial charge on any atom is 0.227 e. The molecular weight excluding hydrogens is 360 g/mol. The van der Waals surface area contributed by atoms with E-state index in [1.807, 2.05) is 0 Å². The van der Waals surface area contributed by atoms with Crippen LogP contribution in [0, 0.1) is 17.0 Å². The Kier molecular flexibility index (Phi) is 6.79. The minimum absolute atomic E-state index is 0.0620. The van der Waals surface area contributed by atoms with Gasteiger partial charge in [-0.15, -0.1) is 0 Å². The van der Waals surface area contributed by atoms with E-state index in [9.17, 15) is 18.7 Å². The first-order valence-corrected chi connectivity index (χ1v) is 9.90. The van der Waals surface area contributed by atoms with Crippen molar-refractivity contribution in [3.63, 3.8) is 0 Å². The van der Waals surface area contributed by atoms with Crippen molar-refractivity contribution < 1.29 is 18.7 Å². The number of carbonyl (C=O) groups is 1. The van der Waals surface area contributed by atoms with Crippen molar-refractivity contribution in [2.24, 2.45) is 5.41 Å². The van der Waals surface area contributed by atoms with Crippen molar-refractivity contribution in [3.8, 4) is 0 Å². The summed E-state index contributed by atoms with van der Waals surface area (Å²) in [5.74, 6) is -1.35. The number of nitrogens with one attached hydrogen (secondary N) is 1. The highest BCUT2D eigenvalue weighted by Gasteiger charge is 2.32. The molecule has 150 valence electrons. The average molecular weight is 387 g/mol. The largest absolute Gasteiger partial charge is 0.396 e. The Balaban J connectivity index is 1.76. The number of halogens is 2. The summed E-state index contributed by atoms with van der Waals surface area (Å²) in [6.07, 6.45) is 5.50. The molecule has 0 saturated heterocycles. The lowest BCUT2D eigenvalue weighted by atomic mass is 9.74. The van der Waals surface area contributed by atoms with E-state index in [4.69, 9.17) is 0 Å². The number of carbonyl (C=O) groups excluding carboxylic acids is 1. The molecule has 0 bridgehead atoms. The van der Waals surface area contributed by atoms with Gasteiger partial charge in [0.25, 0.3) is 0 Å². The van der Waals surface area contributed by atoms with Gasteiger partial charge in [-0.2, -0.15) is 0 Å². The standard InChI is InChI=1S/C23H27F2NO2/c24-19-8-4-17(5-9-19)14-21(18-6-10-20(25)11-7-18)22(28)26-15-23(16-27)12-2-1-3-13-23/h4-11,21,27H,1-3,12-16H2,(H,26,28). The third kappa shape index (κ3) is 5.16. The zero-order chi connectivity index (χ0) is 20.0. The predicted octanol–water partition coefficient (Wildman–Crippen LogP) is 4.35. The summed E-state index contributed by atoms with van der Waals surface area (Å²) in [5, 5.41) is 12.9. The van der Waals surface area contributed by atoms with Crippen LogP contribution in [0.3, 0.4) is 0 Å². The fraction of sp³-hybridized carbons (Fsp3) is 0.435. The minimum Gasteiger partial charge on any atom is -0.396 e. The minimum atomic E-state index is -0.509. The van der Waals surface area contributed by atoms with Gasteiger partial charge < -0.3 is 10.4 Å². The van der Waals surface area contributed by atoms with Gasteiger partial charge in [0, 0.05) is 12.0 Å². The second kappa shape index (κ2) is 9.28. The van der Waals surface area contributed by atoms with Crippen molar-refractivity contribution in [2.75, 3.05) is 13.2 Å².